The van der Waals surface area contributed by atoms with Gasteiger partial charge in [0.1, 0.15) is 0 Å². The third kappa shape index (κ3) is 5.33. The van der Waals surface area contributed by atoms with Crippen LogP contribution in [0, 0.1) is 13.8 Å². The third-order valence-corrected chi connectivity index (χ3v) is 6.23. The predicted octanol–water partition coefficient (Wildman–Crippen LogP) is 3.28. The number of anilines is 1. The number of carbonyl (C=O) groups is 1. The number of hydrogen-bond donors (Lipinski definition) is 1. The molecule has 0 radical (unpaired) electrons. The molecule has 2 aromatic rings. The van der Waals surface area contributed by atoms with Crippen LogP contribution in [0.1, 0.15) is 34.8 Å². The fourth-order valence-corrected chi connectivity index (χ4v) is 3.96. The van der Waals surface area contributed by atoms with Crippen LogP contribution < -0.4 is 9.62 Å². The molecule has 0 atom stereocenters. The first-order valence-electron chi connectivity index (χ1n) is 9.29. The summed E-state index contributed by atoms with van der Waals surface area (Å²) in [6, 6.07) is 11.8. The SMILES string of the molecule is CCOCCCNC(=O)c1ccc(C)c(N(C)S(=O)(=O)c2ccc(C)cc2)c1. The van der Waals surface area contributed by atoms with E-state index in [1.54, 1.807) is 42.5 Å². The van der Waals surface area contributed by atoms with Crippen LogP contribution in [0.15, 0.2) is 47.4 Å². The van der Waals surface area contributed by atoms with Gasteiger partial charge in [-0.2, -0.15) is 0 Å². The minimum atomic E-state index is -3.72. The largest absolute Gasteiger partial charge is 0.382 e. The fourth-order valence-electron chi connectivity index (χ4n) is 2.71. The highest BCUT2D eigenvalue weighted by Gasteiger charge is 2.23. The molecule has 0 saturated heterocycles. The van der Waals surface area contributed by atoms with Gasteiger partial charge in [-0.15, -0.1) is 0 Å². The highest BCUT2D eigenvalue weighted by atomic mass is 32.2. The van der Waals surface area contributed by atoms with Crippen molar-refractivity contribution in [1.29, 1.82) is 0 Å². The second-order valence-corrected chi connectivity index (χ2v) is 8.56. The summed E-state index contributed by atoms with van der Waals surface area (Å²) >= 11 is 0. The van der Waals surface area contributed by atoms with Crippen LogP contribution in [-0.4, -0.2) is 41.1 Å². The molecule has 0 unspecified atom stereocenters. The lowest BCUT2D eigenvalue weighted by atomic mass is 10.1. The number of carbonyl (C=O) groups excluding carboxylic acids is 1. The Morgan fingerprint density at radius 3 is 2.43 bits per heavy atom. The molecule has 1 amide bonds. The minimum Gasteiger partial charge on any atom is -0.382 e. The second kappa shape index (κ2) is 9.71. The topological polar surface area (TPSA) is 75.7 Å². The van der Waals surface area contributed by atoms with Gasteiger partial charge < -0.3 is 10.1 Å². The molecule has 2 rings (SSSR count). The highest BCUT2D eigenvalue weighted by Crippen LogP contribution is 2.26. The van der Waals surface area contributed by atoms with Gasteiger partial charge in [0, 0.05) is 32.4 Å². The zero-order valence-electron chi connectivity index (χ0n) is 16.9. The Labute approximate surface area is 167 Å². The van der Waals surface area contributed by atoms with Crippen LogP contribution in [0.25, 0.3) is 0 Å². The lowest BCUT2D eigenvalue weighted by molar-refractivity contribution is 0.0944. The molecular formula is C21H28N2O4S. The normalized spacial score (nSPS) is 11.3. The van der Waals surface area contributed by atoms with Crippen LogP contribution in [0.2, 0.25) is 0 Å². The summed E-state index contributed by atoms with van der Waals surface area (Å²) in [5.74, 6) is -0.237. The molecule has 0 aliphatic carbocycles. The smallest absolute Gasteiger partial charge is 0.264 e. The molecule has 6 nitrogen and oxygen atoms in total. The maximum Gasteiger partial charge on any atom is 0.264 e. The standard InChI is InChI=1S/C21H28N2O4S/c1-5-27-14-6-13-22-21(24)18-10-9-17(3)20(15-18)23(4)28(25,26)19-11-7-16(2)8-12-19/h7-12,15H,5-6,13-14H2,1-4H3,(H,22,24). The number of hydrogen-bond acceptors (Lipinski definition) is 4. The molecule has 1 N–H and O–H groups in total. The molecule has 7 heteroatoms. The van der Waals surface area contributed by atoms with Crippen molar-refractivity contribution >= 4 is 21.6 Å². The van der Waals surface area contributed by atoms with Gasteiger partial charge >= 0.3 is 0 Å². The van der Waals surface area contributed by atoms with Gasteiger partial charge in [-0.25, -0.2) is 8.42 Å². The fraction of sp³-hybridized carbons (Fsp3) is 0.381. The lowest BCUT2D eigenvalue weighted by Crippen LogP contribution is -2.29. The zero-order valence-corrected chi connectivity index (χ0v) is 17.7. The van der Waals surface area contributed by atoms with E-state index in [1.165, 1.54) is 11.4 Å². The van der Waals surface area contributed by atoms with E-state index < -0.39 is 10.0 Å². The monoisotopic (exact) mass is 404 g/mol. The van der Waals surface area contributed by atoms with Crippen molar-refractivity contribution in [2.75, 3.05) is 31.1 Å². The van der Waals surface area contributed by atoms with E-state index in [1.807, 2.05) is 20.8 Å². The number of nitrogens with zero attached hydrogens (tertiary/aromatic N) is 1. The number of aryl methyl sites for hydroxylation is 2. The number of nitrogens with one attached hydrogen (secondary N) is 1. The third-order valence-electron chi connectivity index (χ3n) is 4.45. The molecule has 0 heterocycles. The van der Waals surface area contributed by atoms with Gasteiger partial charge in [-0.3, -0.25) is 9.10 Å². The van der Waals surface area contributed by atoms with E-state index >= 15 is 0 Å². The van der Waals surface area contributed by atoms with E-state index in [-0.39, 0.29) is 10.8 Å². The first-order chi connectivity index (χ1) is 13.3. The molecule has 0 fully saturated rings. The summed E-state index contributed by atoms with van der Waals surface area (Å²) < 4.78 is 32.4. The maximum absolute atomic E-state index is 13.0. The molecule has 0 aromatic heterocycles. The molecule has 2 aromatic carbocycles. The quantitative estimate of drug-likeness (QED) is 0.651. The number of benzene rings is 2. The van der Waals surface area contributed by atoms with E-state index in [2.05, 4.69) is 5.32 Å². The van der Waals surface area contributed by atoms with Crippen LogP contribution >= 0.6 is 0 Å². The Hall–Kier alpha value is -2.38. The first kappa shape index (κ1) is 21.9. The van der Waals surface area contributed by atoms with Gasteiger partial charge in [0.15, 0.2) is 0 Å². The predicted molar refractivity (Wildman–Crippen MR) is 111 cm³/mol. The number of amides is 1. The van der Waals surface area contributed by atoms with Crippen LogP contribution in [0.4, 0.5) is 5.69 Å². The summed E-state index contributed by atoms with van der Waals surface area (Å²) in [4.78, 5) is 12.6. The molecule has 0 spiro atoms. The summed E-state index contributed by atoms with van der Waals surface area (Å²) in [6.07, 6.45) is 0.722. The molecule has 152 valence electrons. The molecule has 0 bridgehead atoms. The highest BCUT2D eigenvalue weighted by molar-refractivity contribution is 7.92. The van der Waals surface area contributed by atoms with E-state index in [9.17, 15) is 13.2 Å². The minimum absolute atomic E-state index is 0.214. The average molecular weight is 405 g/mol. The second-order valence-electron chi connectivity index (χ2n) is 6.59. The maximum atomic E-state index is 13.0. The van der Waals surface area contributed by atoms with Crippen molar-refractivity contribution in [3.8, 4) is 0 Å². The summed E-state index contributed by atoms with van der Waals surface area (Å²) in [7, 11) is -2.21. The van der Waals surface area contributed by atoms with Crippen molar-refractivity contribution in [3.05, 3.63) is 59.2 Å². The zero-order chi connectivity index (χ0) is 20.7. The Bertz CT molecular complexity index is 909. The number of rotatable bonds is 9. The average Bonchev–Trinajstić information content (AvgIpc) is 2.67. The Morgan fingerprint density at radius 2 is 1.79 bits per heavy atom. The first-order valence-corrected chi connectivity index (χ1v) is 10.7. The summed E-state index contributed by atoms with van der Waals surface area (Å²) in [5, 5.41) is 2.83. The van der Waals surface area contributed by atoms with Crippen molar-refractivity contribution in [3.63, 3.8) is 0 Å². The lowest BCUT2D eigenvalue weighted by Gasteiger charge is -2.22. The molecular weight excluding hydrogens is 376 g/mol. The van der Waals surface area contributed by atoms with Crippen LogP contribution in [0.5, 0.6) is 0 Å². The number of ether oxygens (including phenoxy) is 1. The van der Waals surface area contributed by atoms with E-state index in [0.29, 0.717) is 31.0 Å². The Balaban J connectivity index is 2.19. The van der Waals surface area contributed by atoms with Crippen LogP contribution in [-0.2, 0) is 14.8 Å². The summed E-state index contributed by atoms with van der Waals surface area (Å²) in [6.45, 7) is 7.39. The van der Waals surface area contributed by atoms with Gasteiger partial charge in [-0.05, 0) is 57.0 Å². The van der Waals surface area contributed by atoms with E-state index in [0.717, 1.165) is 17.5 Å². The van der Waals surface area contributed by atoms with Gasteiger partial charge in [0.25, 0.3) is 15.9 Å². The molecule has 0 aliphatic rings. The van der Waals surface area contributed by atoms with Gasteiger partial charge in [0.2, 0.25) is 0 Å². The van der Waals surface area contributed by atoms with Crippen LogP contribution in [0.3, 0.4) is 0 Å². The molecule has 0 aliphatic heterocycles. The summed E-state index contributed by atoms with van der Waals surface area (Å²) in [5.41, 5.74) is 2.65. The Morgan fingerprint density at radius 1 is 1.11 bits per heavy atom. The van der Waals surface area contributed by atoms with Crippen molar-refractivity contribution in [2.45, 2.75) is 32.1 Å². The number of sulfonamides is 1. The van der Waals surface area contributed by atoms with Gasteiger partial charge in [0.05, 0.1) is 10.6 Å². The van der Waals surface area contributed by atoms with Gasteiger partial charge in [-0.1, -0.05) is 23.8 Å². The molecule has 28 heavy (non-hydrogen) atoms. The van der Waals surface area contributed by atoms with E-state index in [4.69, 9.17) is 4.74 Å². The van der Waals surface area contributed by atoms with Crippen molar-refractivity contribution in [2.24, 2.45) is 0 Å². The van der Waals surface area contributed by atoms with Crippen molar-refractivity contribution < 1.29 is 17.9 Å². The molecule has 0 saturated carbocycles. The van der Waals surface area contributed by atoms with Crippen molar-refractivity contribution in [1.82, 2.24) is 5.32 Å². The Kier molecular flexibility index (Phi) is 7.60.